The summed E-state index contributed by atoms with van der Waals surface area (Å²) in [6.07, 6.45) is 3.20. The van der Waals surface area contributed by atoms with E-state index < -0.39 is 5.60 Å². The molecule has 0 aliphatic heterocycles. The standard InChI is InChI=1S/C6H14O.C3H8.C2H6/c1-4-5-6(2,3)7;1-3-2;1-2/h7H,4-5H2,1-3H3;3H2,1-2H3;1-2H3. The van der Waals surface area contributed by atoms with Crippen LogP contribution in [0.5, 0.6) is 0 Å². The van der Waals surface area contributed by atoms with Crippen LogP contribution in [0.25, 0.3) is 0 Å². The molecular weight excluding hydrogens is 148 g/mol. The highest BCUT2D eigenvalue weighted by atomic mass is 16.3. The van der Waals surface area contributed by atoms with E-state index in [1.54, 1.807) is 0 Å². The lowest BCUT2D eigenvalue weighted by atomic mass is 10.0. The zero-order chi connectivity index (χ0) is 10.6. The summed E-state index contributed by atoms with van der Waals surface area (Å²) in [6.45, 7) is 14.0. The first-order valence-corrected chi connectivity index (χ1v) is 5.20. The third-order valence-electron chi connectivity index (χ3n) is 0.862. The van der Waals surface area contributed by atoms with Crippen LogP contribution < -0.4 is 0 Å². The Labute approximate surface area is 79.2 Å². The van der Waals surface area contributed by atoms with Crippen molar-refractivity contribution in [2.24, 2.45) is 0 Å². The molecule has 0 aromatic carbocycles. The Morgan fingerprint density at radius 3 is 1.25 bits per heavy atom. The topological polar surface area (TPSA) is 20.2 Å². The van der Waals surface area contributed by atoms with E-state index in [0.29, 0.717) is 0 Å². The van der Waals surface area contributed by atoms with E-state index in [-0.39, 0.29) is 0 Å². The maximum absolute atomic E-state index is 9.02. The highest BCUT2D eigenvalue weighted by Crippen LogP contribution is 2.08. The van der Waals surface area contributed by atoms with E-state index in [0.717, 1.165) is 12.8 Å². The largest absolute Gasteiger partial charge is 0.390 e. The average molecular weight is 176 g/mol. The van der Waals surface area contributed by atoms with Crippen molar-refractivity contribution in [2.45, 2.75) is 73.3 Å². The molecule has 0 unspecified atom stereocenters. The lowest BCUT2D eigenvalue weighted by molar-refractivity contribution is 0.0703. The minimum atomic E-state index is -0.450. The molecule has 0 atom stereocenters. The van der Waals surface area contributed by atoms with Crippen molar-refractivity contribution in [3.05, 3.63) is 0 Å². The van der Waals surface area contributed by atoms with Gasteiger partial charge in [-0.3, -0.25) is 0 Å². The quantitative estimate of drug-likeness (QED) is 0.674. The van der Waals surface area contributed by atoms with Gasteiger partial charge in [-0.1, -0.05) is 47.5 Å². The number of aliphatic hydroxyl groups is 1. The van der Waals surface area contributed by atoms with E-state index in [1.807, 2.05) is 27.7 Å². The molecule has 0 aliphatic rings. The molecule has 0 amide bonds. The Kier molecular flexibility index (Phi) is 20.2. The molecule has 12 heavy (non-hydrogen) atoms. The molecule has 0 saturated carbocycles. The molecule has 0 rings (SSSR count). The van der Waals surface area contributed by atoms with Gasteiger partial charge in [0.25, 0.3) is 0 Å². The van der Waals surface area contributed by atoms with E-state index >= 15 is 0 Å². The Morgan fingerprint density at radius 2 is 1.25 bits per heavy atom. The third-order valence-corrected chi connectivity index (χ3v) is 0.862. The van der Waals surface area contributed by atoms with Crippen LogP contribution in [0.4, 0.5) is 0 Å². The first-order chi connectivity index (χ1) is 5.47. The molecule has 0 bridgehead atoms. The fraction of sp³-hybridized carbons (Fsp3) is 1.00. The molecule has 0 radical (unpaired) electrons. The Morgan fingerprint density at radius 1 is 1.00 bits per heavy atom. The molecule has 78 valence electrons. The van der Waals surface area contributed by atoms with Crippen molar-refractivity contribution in [1.82, 2.24) is 0 Å². The number of hydrogen-bond donors (Lipinski definition) is 1. The summed E-state index contributed by atoms with van der Waals surface area (Å²) in [4.78, 5) is 0. The van der Waals surface area contributed by atoms with Gasteiger partial charge in [0.05, 0.1) is 5.60 Å². The van der Waals surface area contributed by atoms with Gasteiger partial charge in [-0.05, 0) is 20.3 Å². The highest BCUT2D eigenvalue weighted by molar-refractivity contribution is 4.61. The zero-order valence-corrected chi connectivity index (χ0v) is 10.1. The predicted molar refractivity (Wildman–Crippen MR) is 58.5 cm³/mol. The van der Waals surface area contributed by atoms with Crippen LogP contribution in [0.2, 0.25) is 0 Å². The first-order valence-electron chi connectivity index (χ1n) is 5.20. The highest BCUT2D eigenvalue weighted by Gasteiger charge is 2.08. The van der Waals surface area contributed by atoms with Crippen molar-refractivity contribution >= 4 is 0 Å². The van der Waals surface area contributed by atoms with Gasteiger partial charge in [-0.2, -0.15) is 0 Å². The van der Waals surface area contributed by atoms with Crippen LogP contribution in [-0.2, 0) is 0 Å². The third kappa shape index (κ3) is 51.0. The summed E-state index contributed by atoms with van der Waals surface area (Å²) in [7, 11) is 0. The van der Waals surface area contributed by atoms with Crippen molar-refractivity contribution in [1.29, 1.82) is 0 Å². The Balaban J connectivity index is -0.000000137. The molecule has 0 aromatic heterocycles. The Hall–Kier alpha value is -0.0400. The number of hydrogen-bond acceptors (Lipinski definition) is 1. The summed E-state index contributed by atoms with van der Waals surface area (Å²) in [6, 6.07) is 0. The molecular formula is C11H28O. The van der Waals surface area contributed by atoms with E-state index in [4.69, 9.17) is 5.11 Å². The molecule has 1 nitrogen and oxygen atoms in total. The monoisotopic (exact) mass is 176 g/mol. The van der Waals surface area contributed by atoms with Crippen LogP contribution in [0.1, 0.15) is 67.7 Å². The minimum absolute atomic E-state index is 0.450. The fourth-order valence-corrected chi connectivity index (χ4v) is 0.612. The summed E-state index contributed by atoms with van der Waals surface area (Å²) < 4.78 is 0. The maximum atomic E-state index is 9.02. The maximum Gasteiger partial charge on any atom is 0.0591 e. The van der Waals surface area contributed by atoms with Crippen LogP contribution in [0, 0.1) is 0 Å². The summed E-state index contributed by atoms with van der Waals surface area (Å²) in [5.74, 6) is 0. The molecule has 0 heterocycles. The fourth-order valence-electron chi connectivity index (χ4n) is 0.612. The lowest BCUT2D eigenvalue weighted by Crippen LogP contribution is -2.16. The summed E-state index contributed by atoms with van der Waals surface area (Å²) in [5, 5.41) is 9.02. The summed E-state index contributed by atoms with van der Waals surface area (Å²) in [5.41, 5.74) is -0.450. The van der Waals surface area contributed by atoms with Crippen molar-refractivity contribution in [3.8, 4) is 0 Å². The summed E-state index contributed by atoms with van der Waals surface area (Å²) >= 11 is 0. The van der Waals surface area contributed by atoms with Gasteiger partial charge in [-0.25, -0.2) is 0 Å². The predicted octanol–water partition coefficient (Wildman–Crippen LogP) is 4.00. The second-order valence-corrected chi connectivity index (χ2v) is 3.27. The van der Waals surface area contributed by atoms with Gasteiger partial charge < -0.3 is 5.11 Å². The first kappa shape index (κ1) is 17.9. The van der Waals surface area contributed by atoms with Gasteiger partial charge in [0.15, 0.2) is 0 Å². The van der Waals surface area contributed by atoms with Gasteiger partial charge in [0, 0.05) is 0 Å². The van der Waals surface area contributed by atoms with Crippen LogP contribution in [-0.4, -0.2) is 10.7 Å². The van der Waals surface area contributed by atoms with Crippen LogP contribution >= 0.6 is 0 Å². The van der Waals surface area contributed by atoms with Gasteiger partial charge >= 0.3 is 0 Å². The Bertz CT molecular complexity index is 52.5. The molecule has 0 fully saturated rings. The average Bonchev–Trinajstić information content (AvgIpc) is 1.91. The molecule has 0 aromatic rings. The molecule has 1 heteroatoms. The van der Waals surface area contributed by atoms with Crippen LogP contribution in [0.3, 0.4) is 0 Å². The van der Waals surface area contributed by atoms with Crippen LogP contribution in [0.15, 0.2) is 0 Å². The van der Waals surface area contributed by atoms with E-state index in [9.17, 15) is 0 Å². The van der Waals surface area contributed by atoms with E-state index in [1.165, 1.54) is 6.42 Å². The second kappa shape index (κ2) is 13.5. The van der Waals surface area contributed by atoms with Crippen molar-refractivity contribution in [2.75, 3.05) is 0 Å². The zero-order valence-electron chi connectivity index (χ0n) is 10.1. The molecule has 1 N–H and O–H groups in total. The van der Waals surface area contributed by atoms with Gasteiger partial charge in [-0.15, -0.1) is 0 Å². The smallest absolute Gasteiger partial charge is 0.0591 e. The van der Waals surface area contributed by atoms with Crippen molar-refractivity contribution in [3.63, 3.8) is 0 Å². The normalized spacial score (nSPS) is 9.00. The number of rotatable bonds is 2. The van der Waals surface area contributed by atoms with Gasteiger partial charge in [0.1, 0.15) is 0 Å². The second-order valence-electron chi connectivity index (χ2n) is 3.27. The molecule has 0 aliphatic carbocycles. The molecule has 0 saturated heterocycles. The van der Waals surface area contributed by atoms with Gasteiger partial charge in [0.2, 0.25) is 0 Å². The molecule has 0 spiro atoms. The SMILES string of the molecule is CC.CCC.CCCC(C)(C)O. The minimum Gasteiger partial charge on any atom is -0.390 e. The van der Waals surface area contributed by atoms with Crippen molar-refractivity contribution < 1.29 is 5.11 Å². The van der Waals surface area contributed by atoms with E-state index in [2.05, 4.69) is 20.8 Å². The lowest BCUT2D eigenvalue weighted by Gasteiger charge is -2.14.